The summed E-state index contributed by atoms with van der Waals surface area (Å²) >= 11 is 6.00. The third-order valence-electron chi connectivity index (χ3n) is 2.77. The molecule has 5 heteroatoms. The molecule has 0 aliphatic carbocycles. The van der Waals surface area contributed by atoms with Gasteiger partial charge in [0.1, 0.15) is 0 Å². The molecule has 0 spiro atoms. The number of benzene rings is 1. The van der Waals surface area contributed by atoms with Gasteiger partial charge < -0.3 is 10.0 Å². The lowest BCUT2D eigenvalue weighted by Gasteiger charge is -2.22. The number of unbranched alkanes of at least 4 members (excludes halogenated alkanes) is 1. The quantitative estimate of drug-likeness (QED) is 0.837. The van der Waals surface area contributed by atoms with Gasteiger partial charge in [-0.1, -0.05) is 37.1 Å². The Kier molecular flexibility index (Phi) is 6.36. The summed E-state index contributed by atoms with van der Waals surface area (Å²) in [7, 11) is 0. The molecule has 0 fully saturated rings. The Labute approximate surface area is 118 Å². The SMILES string of the molecule is CCCCN(CCC(=O)O)C(=O)c1ccccc1Cl. The van der Waals surface area contributed by atoms with E-state index >= 15 is 0 Å². The van der Waals surface area contributed by atoms with E-state index in [1.165, 1.54) is 0 Å². The Bertz CT molecular complexity index is 448. The van der Waals surface area contributed by atoms with E-state index < -0.39 is 5.97 Å². The standard InChI is InChI=1S/C14H18ClNO3/c1-2-3-9-16(10-8-13(17)18)14(19)11-6-4-5-7-12(11)15/h4-7H,2-3,8-10H2,1H3,(H,17,18). The molecule has 1 rings (SSSR count). The lowest BCUT2D eigenvalue weighted by Crippen LogP contribution is -2.34. The van der Waals surface area contributed by atoms with Gasteiger partial charge in [-0.25, -0.2) is 0 Å². The van der Waals surface area contributed by atoms with Crippen molar-refractivity contribution in [2.45, 2.75) is 26.2 Å². The van der Waals surface area contributed by atoms with E-state index in [-0.39, 0.29) is 18.9 Å². The van der Waals surface area contributed by atoms with Crippen LogP contribution in [0.3, 0.4) is 0 Å². The molecule has 0 atom stereocenters. The first-order chi connectivity index (χ1) is 9.06. The highest BCUT2D eigenvalue weighted by atomic mass is 35.5. The van der Waals surface area contributed by atoms with Crippen LogP contribution in [0, 0.1) is 0 Å². The molecule has 104 valence electrons. The molecule has 0 aliphatic rings. The summed E-state index contributed by atoms with van der Waals surface area (Å²) in [6, 6.07) is 6.81. The fourth-order valence-electron chi connectivity index (χ4n) is 1.70. The fraction of sp³-hybridized carbons (Fsp3) is 0.429. The van der Waals surface area contributed by atoms with Crippen LogP contribution in [0.15, 0.2) is 24.3 Å². The van der Waals surface area contributed by atoms with Gasteiger partial charge in [0.15, 0.2) is 0 Å². The lowest BCUT2D eigenvalue weighted by molar-refractivity contribution is -0.137. The number of nitrogens with zero attached hydrogens (tertiary/aromatic N) is 1. The Balaban J connectivity index is 2.81. The largest absolute Gasteiger partial charge is 0.481 e. The number of carbonyl (C=O) groups excluding carboxylic acids is 1. The summed E-state index contributed by atoms with van der Waals surface area (Å²) in [6.45, 7) is 2.78. The molecule has 0 aliphatic heterocycles. The van der Waals surface area contributed by atoms with E-state index in [2.05, 4.69) is 0 Å². The number of aliphatic carboxylic acids is 1. The molecule has 4 nitrogen and oxygen atoms in total. The predicted octanol–water partition coefficient (Wildman–Crippen LogP) is 3.06. The van der Waals surface area contributed by atoms with Crippen LogP contribution in [0.4, 0.5) is 0 Å². The first-order valence-corrected chi connectivity index (χ1v) is 6.69. The van der Waals surface area contributed by atoms with Crippen molar-refractivity contribution in [1.82, 2.24) is 4.90 Å². The van der Waals surface area contributed by atoms with Crippen molar-refractivity contribution in [3.63, 3.8) is 0 Å². The van der Waals surface area contributed by atoms with Gasteiger partial charge in [-0.2, -0.15) is 0 Å². The fourth-order valence-corrected chi connectivity index (χ4v) is 1.92. The molecule has 0 bridgehead atoms. The van der Waals surface area contributed by atoms with E-state index in [4.69, 9.17) is 16.7 Å². The third kappa shape index (κ3) is 4.91. The predicted molar refractivity (Wildman–Crippen MR) is 74.5 cm³/mol. The average molecular weight is 284 g/mol. The van der Waals surface area contributed by atoms with Crippen LogP contribution in [0.5, 0.6) is 0 Å². The zero-order chi connectivity index (χ0) is 14.3. The molecular weight excluding hydrogens is 266 g/mol. The van der Waals surface area contributed by atoms with Crippen molar-refractivity contribution in [2.24, 2.45) is 0 Å². The van der Waals surface area contributed by atoms with Crippen LogP contribution in [0.2, 0.25) is 5.02 Å². The highest BCUT2D eigenvalue weighted by Crippen LogP contribution is 2.17. The first-order valence-electron chi connectivity index (χ1n) is 6.31. The smallest absolute Gasteiger partial charge is 0.305 e. The second-order valence-electron chi connectivity index (χ2n) is 4.27. The van der Waals surface area contributed by atoms with E-state index in [0.717, 1.165) is 12.8 Å². The minimum absolute atomic E-state index is 0.0556. The van der Waals surface area contributed by atoms with Crippen LogP contribution in [-0.2, 0) is 4.79 Å². The summed E-state index contributed by atoms with van der Waals surface area (Å²) in [4.78, 5) is 24.5. The molecule has 0 saturated carbocycles. The highest BCUT2D eigenvalue weighted by Gasteiger charge is 2.18. The molecule has 1 amide bonds. The van der Waals surface area contributed by atoms with Gasteiger partial charge in [-0.15, -0.1) is 0 Å². The molecule has 0 unspecified atom stereocenters. The molecule has 1 aromatic rings. The Morgan fingerprint density at radius 1 is 1.26 bits per heavy atom. The third-order valence-corrected chi connectivity index (χ3v) is 3.10. The zero-order valence-electron chi connectivity index (χ0n) is 10.9. The summed E-state index contributed by atoms with van der Waals surface area (Å²) in [5.74, 6) is -1.12. The molecule has 0 radical (unpaired) electrons. The normalized spacial score (nSPS) is 10.2. The van der Waals surface area contributed by atoms with Gasteiger partial charge in [0.2, 0.25) is 0 Å². The number of carbonyl (C=O) groups is 2. The summed E-state index contributed by atoms with van der Waals surface area (Å²) < 4.78 is 0. The maximum atomic E-state index is 12.3. The first kappa shape index (κ1) is 15.5. The minimum atomic E-state index is -0.909. The Morgan fingerprint density at radius 3 is 2.53 bits per heavy atom. The maximum Gasteiger partial charge on any atom is 0.305 e. The van der Waals surface area contributed by atoms with Crippen molar-refractivity contribution in [3.8, 4) is 0 Å². The maximum absolute atomic E-state index is 12.3. The van der Waals surface area contributed by atoms with Crippen LogP contribution in [0.25, 0.3) is 0 Å². The molecule has 0 saturated heterocycles. The van der Waals surface area contributed by atoms with Gasteiger partial charge in [-0.3, -0.25) is 9.59 Å². The zero-order valence-corrected chi connectivity index (χ0v) is 11.7. The summed E-state index contributed by atoms with van der Waals surface area (Å²) in [6.07, 6.45) is 1.73. The number of carboxylic acids is 1. The molecule has 0 heterocycles. The molecular formula is C14H18ClNO3. The number of hydrogen-bond donors (Lipinski definition) is 1. The number of hydrogen-bond acceptors (Lipinski definition) is 2. The molecule has 0 aromatic heterocycles. The molecule has 1 aromatic carbocycles. The molecule has 1 N–H and O–H groups in total. The van der Waals surface area contributed by atoms with Gasteiger partial charge in [0, 0.05) is 13.1 Å². The average Bonchev–Trinajstić information content (AvgIpc) is 2.38. The topological polar surface area (TPSA) is 57.6 Å². The Hall–Kier alpha value is -1.55. The van der Waals surface area contributed by atoms with Gasteiger partial charge >= 0.3 is 5.97 Å². The lowest BCUT2D eigenvalue weighted by atomic mass is 10.1. The van der Waals surface area contributed by atoms with E-state index in [9.17, 15) is 9.59 Å². The van der Waals surface area contributed by atoms with Crippen molar-refractivity contribution in [3.05, 3.63) is 34.9 Å². The number of halogens is 1. The summed E-state index contributed by atoms with van der Waals surface area (Å²) in [5.41, 5.74) is 0.422. The van der Waals surface area contributed by atoms with Gasteiger partial charge in [0.05, 0.1) is 17.0 Å². The second-order valence-corrected chi connectivity index (χ2v) is 4.68. The van der Waals surface area contributed by atoms with Crippen molar-refractivity contribution >= 4 is 23.5 Å². The van der Waals surface area contributed by atoms with E-state index in [0.29, 0.717) is 17.1 Å². The van der Waals surface area contributed by atoms with E-state index in [1.807, 2.05) is 6.92 Å². The minimum Gasteiger partial charge on any atom is -0.481 e. The monoisotopic (exact) mass is 283 g/mol. The van der Waals surface area contributed by atoms with Gasteiger partial charge in [-0.05, 0) is 18.6 Å². The highest BCUT2D eigenvalue weighted by molar-refractivity contribution is 6.33. The Morgan fingerprint density at radius 2 is 1.95 bits per heavy atom. The van der Waals surface area contributed by atoms with Crippen LogP contribution in [0.1, 0.15) is 36.5 Å². The summed E-state index contributed by atoms with van der Waals surface area (Å²) in [5, 5.41) is 9.12. The van der Waals surface area contributed by atoms with Crippen LogP contribution < -0.4 is 0 Å². The second kappa shape index (κ2) is 7.79. The van der Waals surface area contributed by atoms with Crippen LogP contribution >= 0.6 is 11.6 Å². The van der Waals surface area contributed by atoms with Crippen molar-refractivity contribution < 1.29 is 14.7 Å². The van der Waals surface area contributed by atoms with Crippen molar-refractivity contribution in [1.29, 1.82) is 0 Å². The van der Waals surface area contributed by atoms with Gasteiger partial charge in [0.25, 0.3) is 5.91 Å². The number of amides is 1. The molecule has 19 heavy (non-hydrogen) atoms. The van der Waals surface area contributed by atoms with Crippen LogP contribution in [-0.4, -0.2) is 35.0 Å². The number of rotatable bonds is 7. The van der Waals surface area contributed by atoms with Crippen molar-refractivity contribution in [2.75, 3.05) is 13.1 Å². The number of carboxylic acid groups (broad SMARTS) is 1. The van der Waals surface area contributed by atoms with E-state index in [1.54, 1.807) is 29.2 Å².